The van der Waals surface area contributed by atoms with Crippen molar-refractivity contribution in [2.45, 2.75) is 20.0 Å². The standard InChI is InChI=1S/C26H20N4O5/c1-16(2)35-22-13-7-19(8-14-22)28-24-23(18-5-11-21(12-6-18)30(33)34)25(31)29(26(24)32)20-9-3-17(15-27)4-10-20/h3-14,16,28H,1-2H3. The first-order valence-corrected chi connectivity index (χ1v) is 10.7. The lowest BCUT2D eigenvalue weighted by molar-refractivity contribution is -0.384. The highest BCUT2D eigenvalue weighted by atomic mass is 16.6. The predicted octanol–water partition coefficient (Wildman–Crippen LogP) is 4.65. The van der Waals surface area contributed by atoms with Crippen LogP contribution in [-0.4, -0.2) is 22.8 Å². The number of nitrogens with zero attached hydrogens (tertiary/aromatic N) is 3. The lowest BCUT2D eigenvalue weighted by atomic mass is 10.0. The minimum Gasteiger partial charge on any atom is -0.491 e. The largest absolute Gasteiger partial charge is 0.491 e. The number of non-ortho nitro benzene ring substituents is 1. The average molecular weight is 468 g/mol. The summed E-state index contributed by atoms with van der Waals surface area (Å²) in [7, 11) is 0. The van der Waals surface area contributed by atoms with Gasteiger partial charge in [-0.2, -0.15) is 5.26 Å². The van der Waals surface area contributed by atoms with Crippen molar-refractivity contribution >= 4 is 34.4 Å². The van der Waals surface area contributed by atoms with E-state index in [2.05, 4.69) is 5.32 Å². The van der Waals surface area contributed by atoms with Crippen LogP contribution < -0.4 is 15.0 Å². The average Bonchev–Trinajstić information content (AvgIpc) is 3.09. The van der Waals surface area contributed by atoms with Crippen LogP contribution in [0.5, 0.6) is 5.75 Å². The van der Waals surface area contributed by atoms with Crippen LogP contribution in [0.4, 0.5) is 17.1 Å². The molecule has 1 N–H and O–H groups in total. The van der Waals surface area contributed by atoms with Gasteiger partial charge in [-0.1, -0.05) is 0 Å². The summed E-state index contributed by atoms with van der Waals surface area (Å²) in [6.45, 7) is 3.82. The first-order chi connectivity index (χ1) is 16.8. The highest BCUT2D eigenvalue weighted by Gasteiger charge is 2.40. The Bertz CT molecular complexity index is 1370. The minimum absolute atomic E-state index is 0.000249. The van der Waals surface area contributed by atoms with Gasteiger partial charge in [0.1, 0.15) is 11.4 Å². The van der Waals surface area contributed by atoms with E-state index in [4.69, 9.17) is 10.00 Å². The van der Waals surface area contributed by atoms with Crippen molar-refractivity contribution in [1.29, 1.82) is 5.26 Å². The van der Waals surface area contributed by atoms with Gasteiger partial charge in [0.05, 0.1) is 33.9 Å². The molecule has 2 amide bonds. The van der Waals surface area contributed by atoms with Crippen LogP contribution in [0.15, 0.2) is 78.5 Å². The van der Waals surface area contributed by atoms with Crippen LogP contribution in [0.2, 0.25) is 0 Å². The number of anilines is 2. The van der Waals surface area contributed by atoms with E-state index < -0.39 is 16.7 Å². The number of rotatable bonds is 7. The van der Waals surface area contributed by atoms with Crippen molar-refractivity contribution in [2.75, 3.05) is 10.2 Å². The maximum atomic E-state index is 13.5. The molecule has 1 aliphatic rings. The number of hydrogen-bond donors (Lipinski definition) is 1. The van der Waals surface area contributed by atoms with E-state index >= 15 is 0 Å². The molecular weight excluding hydrogens is 448 g/mol. The van der Waals surface area contributed by atoms with E-state index in [0.29, 0.717) is 28.3 Å². The molecular formula is C26H20N4O5. The Hall–Kier alpha value is -4.97. The zero-order valence-electron chi connectivity index (χ0n) is 18.9. The Balaban J connectivity index is 1.75. The Morgan fingerprint density at radius 1 is 0.943 bits per heavy atom. The van der Waals surface area contributed by atoms with Crippen molar-refractivity contribution in [3.8, 4) is 11.8 Å². The molecule has 1 heterocycles. The van der Waals surface area contributed by atoms with Crippen LogP contribution in [0.25, 0.3) is 5.57 Å². The van der Waals surface area contributed by atoms with Crippen LogP contribution in [0.1, 0.15) is 25.0 Å². The van der Waals surface area contributed by atoms with E-state index in [0.717, 1.165) is 4.90 Å². The number of nitro benzene ring substituents is 1. The number of carbonyl (C=O) groups excluding carboxylic acids is 2. The molecule has 0 atom stereocenters. The normalized spacial score (nSPS) is 13.3. The molecule has 3 aromatic carbocycles. The third-order valence-corrected chi connectivity index (χ3v) is 5.20. The molecule has 9 heteroatoms. The highest BCUT2D eigenvalue weighted by molar-refractivity contribution is 6.46. The molecule has 0 saturated carbocycles. The number of ether oxygens (including phenoxy) is 1. The molecule has 0 saturated heterocycles. The number of hydrogen-bond acceptors (Lipinski definition) is 7. The Labute approximate surface area is 201 Å². The van der Waals surface area contributed by atoms with Crippen molar-refractivity contribution < 1.29 is 19.2 Å². The fourth-order valence-electron chi connectivity index (χ4n) is 3.62. The maximum absolute atomic E-state index is 13.5. The summed E-state index contributed by atoms with van der Waals surface area (Å²) in [5.74, 6) is -0.519. The van der Waals surface area contributed by atoms with E-state index in [9.17, 15) is 19.7 Å². The molecule has 0 fully saturated rings. The Morgan fingerprint density at radius 3 is 2.11 bits per heavy atom. The molecule has 4 rings (SSSR count). The van der Waals surface area contributed by atoms with Gasteiger partial charge in [0.15, 0.2) is 0 Å². The molecule has 174 valence electrons. The van der Waals surface area contributed by atoms with Crippen molar-refractivity contribution in [1.82, 2.24) is 0 Å². The number of nitro groups is 1. The molecule has 9 nitrogen and oxygen atoms in total. The predicted molar refractivity (Wildman–Crippen MR) is 129 cm³/mol. The summed E-state index contributed by atoms with van der Waals surface area (Å²) in [4.78, 5) is 38.4. The van der Waals surface area contributed by atoms with Crippen LogP contribution >= 0.6 is 0 Å². The highest BCUT2D eigenvalue weighted by Crippen LogP contribution is 2.34. The van der Waals surface area contributed by atoms with Gasteiger partial charge in [0.2, 0.25) is 0 Å². The summed E-state index contributed by atoms with van der Waals surface area (Å²) >= 11 is 0. The summed E-state index contributed by atoms with van der Waals surface area (Å²) in [5, 5.41) is 23.1. The van der Waals surface area contributed by atoms with Gasteiger partial charge in [-0.05, 0) is 80.1 Å². The second-order valence-electron chi connectivity index (χ2n) is 7.97. The second-order valence-corrected chi connectivity index (χ2v) is 7.97. The van der Waals surface area contributed by atoms with Crippen LogP contribution in [0.3, 0.4) is 0 Å². The second kappa shape index (κ2) is 9.49. The zero-order valence-corrected chi connectivity index (χ0v) is 18.9. The third kappa shape index (κ3) is 4.72. The zero-order chi connectivity index (χ0) is 25.1. The monoisotopic (exact) mass is 468 g/mol. The minimum atomic E-state index is -0.587. The van der Waals surface area contributed by atoms with Gasteiger partial charge in [0.25, 0.3) is 17.5 Å². The summed E-state index contributed by atoms with van der Waals surface area (Å²) < 4.78 is 5.65. The molecule has 3 aromatic rings. The molecule has 35 heavy (non-hydrogen) atoms. The summed E-state index contributed by atoms with van der Waals surface area (Å²) in [5.41, 5.74) is 1.58. The van der Waals surface area contributed by atoms with E-state index in [1.165, 1.54) is 48.5 Å². The molecule has 0 spiro atoms. The summed E-state index contributed by atoms with van der Waals surface area (Å²) in [6.07, 6.45) is 0.000249. The smallest absolute Gasteiger partial charge is 0.282 e. The molecule has 0 radical (unpaired) electrons. The molecule has 0 unspecified atom stereocenters. The SMILES string of the molecule is CC(C)Oc1ccc(NC2=C(c3ccc([N+](=O)[O-])cc3)C(=O)N(c3ccc(C#N)cc3)C2=O)cc1. The maximum Gasteiger partial charge on any atom is 0.282 e. The lowest BCUT2D eigenvalue weighted by Gasteiger charge is -2.15. The number of amides is 2. The molecule has 0 aliphatic carbocycles. The topological polar surface area (TPSA) is 126 Å². The van der Waals surface area contributed by atoms with Crippen molar-refractivity contribution in [3.05, 3.63) is 99.7 Å². The number of nitrogens with one attached hydrogen (secondary N) is 1. The van der Waals surface area contributed by atoms with Gasteiger partial charge < -0.3 is 10.1 Å². The number of carbonyl (C=O) groups is 2. The first kappa shape index (κ1) is 23.2. The Morgan fingerprint density at radius 2 is 1.57 bits per heavy atom. The van der Waals surface area contributed by atoms with Crippen molar-refractivity contribution in [2.24, 2.45) is 0 Å². The van der Waals surface area contributed by atoms with Gasteiger partial charge in [-0.3, -0.25) is 19.7 Å². The van der Waals surface area contributed by atoms with Gasteiger partial charge in [-0.15, -0.1) is 0 Å². The molecule has 1 aliphatic heterocycles. The number of benzene rings is 3. The molecule has 0 aromatic heterocycles. The summed E-state index contributed by atoms with van der Waals surface area (Å²) in [6, 6.07) is 20.4. The molecule has 0 bridgehead atoms. The lowest BCUT2D eigenvalue weighted by Crippen LogP contribution is -2.32. The number of imide groups is 1. The van der Waals surface area contributed by atoms with Gasteiger partial charge >= 0.3 is 0 Å². The van der Waals surface area contributed by atoms with E-state index in [1.807, 2.05) is 19.9 Å². The van der Waals surface area contributed by atoms with E-state index in [1.54, 1.807) is 24.3 Å². The quantitative estimate of drug-likeness (QED) is 0.304. The first-order valence-electron chi connectivity index (χ1n) is 10.7. The van der Waals surface area contributed by atoms with Gasteiger partial charge in [-0.25, -0.2) is 4.90 Å². The van der Waals surface area contributed by atoms with Crippen LogP contribution in [-0.2, 0) is 9.59 Å². The third-order valence-electron chi connectivity index (χ3n) is 5.20. The van der Waals surface area contributed by atoms with Crippen molar-refractivity contribution in [3.63, 3.8) is 0 Å². The van der Waals surface area contributed by atoms with Gasteiger partial charge in [0, 0.05) is 17.8 Å². The number of nitriles is 1. The van der Waals surface area contributed by atoms with E-state index in [-0.39, 0.29) is 23.1 Å². The van der Waals surface area contributed by atoms with Crippen LogP contribution in [0, 0.1) is 21.4 Å². The Kier molecular flexibility index (Phi) is 6.29. The fraction of sp³-hybridized carbons (Fsp3) is 0.115. The fourth-order valence-corrected chi connectivity index (χ4v) is 3.62.